The topological polar surface area (TPSA) is 29.3 Å². The number of benzene rings is 1. The smallest absolute Gasteiger partial charge is 0.194 e. The van der Waals surface area contributed by atoms with E-state index in [-0.39, 0.29) is 0 Å². The molecule has 3 aromatic rings. The van der Waals surface area contributed by atoms with Crippen molar-refractivity contribution in [2.75, 3.05) is 0 Å². The second-order valence-corrected chi connectivity index (χ2v) is 6.72. The van der Waals surface area contributed by atoms with Gasteiger partial charge >= 0.3 is 0 Å². The van der Waals surface area contributed by atoms with Crippen LogP contribution in [-0.2, 0) is 6.54 Å². The van der Waals surface area contributed by atoms with Crippen molar-refractivity contribution in [2.24, 2.45) is 0 Å². The van der Waals surface area contributed by atoms with Crippen LogP contribution in [0.3, 0.4) is 0 Å². The highest BCUT2D eigenvalue weighted by molar-refractivity contribution is 7.15. The van der Waals surface area contributed by atoms with Gasteiger partial charge in [0.05, 0.1) is 11.4 Å². The molecule has 0 saturated heterocycles. The van der Waals surface area contributed by atoms with Gasteiger partial charge in [0.15, 0.2) is 4.96 Å². The number of nitrogens with zero attached hydrogens (tertiary/aromatic N) is 2. The molecule has 0 spiro atoms. The first kappa shape index (κ1) is 13.0. The Bertz CT molecular complexity index is 772. The molecule has 1 fully saturated rings. The molecule has 1 saturated carbocycles. The number of hydrogen-bond acceptors (Lipinski definition) is 3. The average Bonchev–Trinajstić information content (AvgIpc) is 3.10. The summed E-state index contributed by atoms with van der Waals surface area (Å²) in [7, 11) is 0. The Kier molecular flexibility index (Phi) is 3.08. The molecule has 4 heteroatoms. The first-order valence-electron chi connectivity index (χ1n) is 7.44. The molecule has 1 aromatic carbocycles. The Morgan fingerprint density at radius 3 is 2.90 bits per heavy atom. The van der Waals surface area contributed by atoms with E-state index in [1.807, 2.05) is 0 Å². The van der Waals surface area contributed by atoms with Crippen LogP contribution in [0, 0.1) is 13.8 Å². The zero-order chi connectivity index (χ0) is 14.4. The number of fused-ring (bicyclic) bond motifs is 1. The van der Waals surface area contributed by atoms with Crippen molar-refractivity contribution in [2.45, 2.75) is 38.8 Å². The largest absolute Gasteiger partial charge is 0.308 e. The second kappa shape index (κ2) is 4.97. The van der Waals surface area contributed by atoms with Crippen LogP contribution in [0.4, 0.5) is 0 Å². The van der Waals surface area contributed by atoms with Gasteiger partial charge in [0.2, 0.25) is 0 Å². The lowest BCUT2D eigenvalue weighted by atomic mass is 10.1. The lowest BCUT2D eigenvalue weighted by molar-refractivity contribution is 0.653. The zero-order valence-corrected chi connectivity index (χ0v) is 13.2. The summed E-state index contributed by atoms with van der Waals surface area (Å²) in [4.78, 5) is 5.76. The van der Waals surface area contributed by atoms with Gasteiger partial charge in [0.25, 0.3) is 0 Å². The van der Waals surface area contributed by atoms with E-state index in [2.05, 4.69) is 64.3 Å². The van der Waals surface area contributed by atoms with E-state index in [0.717, 1.165) is 17.2 Å². The molecule has 0 amide bonds. The standard InChI is InChI=1S/C17H19N3S/c1-11-10-21-17-19-12(2)16(20(11)17)9-18-15-8-14(15)13-6-4-3-5-7-13/h3-7,10,14-15,18H,8-9H2,1-2H3. The highest BCUT2D eigenvalue weighted by atomic mass is 32.1. The number of imidazole rings is 1. The fraction of sp³-hybridized carbons (Fsp3) is 0.353. The molecule has 1 N–H and O–H groups in total. The maximum Gasteiger partial charge on any atom is 0.194 e. The highest BCUT2D eigenvalue weighted by Crippen LogP contribution is 2.40. The van der Waals surface area contributed by atoms with Crippen molar-refractivity contribution in [1.82, 2.24) is 14.7 Å². The SMILES string of the molecule is Cc1nc2scc(C)n2c1CNC1CC1c1ccccc1. The van der Waals surface area contributed by atoms with Crippen molar-refractivity contribution in [3.63, 3.8) is 0 Å². The van der Waals surface area contributed by atoms with E-state index in [0.29, 0.717) is 12.0 Å². The summed E-state index contributed by atoms with van der Waals surface area (Å²) in [6.45, 7) is 5.16. The molecule has 1 aliphatic rings. The summed E-state index contributed by atoms with van der Waals surface area (Å²) >= 11 is 1.72. The minimum Gasteiger partial charge on any atom is -0.308 e. The van der Waals surface area contributed by atoms with Crippen molar-refractivity contribution < 1.29 is 0 Å². The number of hydrogen-bond donors (Lipinski definition) is 1. The second-order valence-electron chi connectivity index (χ2n) is 5.88. The van der Waals surface area contributed by atoms with Crippen LogP contribution >= 0.6 is 11.3 Å². The summed E-state index contributed by atoms with van der Waals surface area (Å²) in [5.41, 5.74) is 5.19. The van der Waals surface area contributed by atoms with Gasteiger partial charge in [-0.15, -0.1) is 11.3 Å². The van der Waals surface area contributed by atoms with Gasteiger partial charge in [-0.25, -0.2) is 4.98 Å². The summed E-state index contributed by atoms with van der Waals surface area (Å²) in [6, 6.07) is 11.4. The quantitative estimate of drug-likeness (QED) is 0.796. The van der Waals surface area contributed by atoms with E-state index >= 15 is 0 Å². The number of rotatable bonds is 4. The van der Waals surface area contributed by atoms with Crippen molar-refractivity contribution in [3.8, 4) is 0 Å². The van der Waals surface area contributed by atoms with Crippen LogP contribution < -0.4 is 5.32 Å². The van der Waals surface area contributed by atoms with Crippen LogP contribution in [0.2, 0.25) is 0 Å². The summed E-state index contributed by atoms with van der Waals surface area (Å²) in [5.74, 6) is 0.679. The fourth-order valence-electron chi connectivity index (χ4n) is 3.09. The van der Waals surface area contributed by atoms with Crippen LogP contribution in [0.15, 0.2) is 35.7 Å². The molecule has 108 valence electrons. The first-order valence-corrected chi connectivity index (χ1v) is 8.32. The van der Waals surface area contributed by atoms with Gasteiger partial charge in [0, 0.05) is 29.6 Å². The fourth-order valence-corrected chi connectivity index (χ4v) is 4.02. The van der Waals surface area contributed by atoms with Gasteiger partial charge in [-0.1, -0.05) is 30.3 Å². The van der Waals surface area contributed by atoms with Gasteiger partial charge in [-0.3, -0.25) is 4.40 Å². The Morgan fingerprint density at radius 1 is 1.29 bits per heavy atom. The minimum atomic E-state index is 0.608. The molecule has 2 atom stereocenters. The highest BCUT2D eigenvalue weighted by Gasteiger charge is 2.37. The normalized spacial score (nSPS) is 21.0. The molecule has 3 nitrogen and oxygen atoms in total. The third-order valence-corrected chi connectivity index (χ3v) is 5.32. The lowest BCUT2D eigenvalue weighted by Crippen LogP contribution is -2.19. The predicted molar refractivity (Wildman–Crippen MR) is 87.0 cm³/mol. The third kappa shape index (κ3) is 2.28. The number of nitrogens with one attached hydrogen (secondary N) is 1. The van der Waals surface area contributed by atoms with E-state index in [4.69, 9.17) is 0 Å². The maximum atomic E-state index is 4.65. The molecular formula is C17H19N3S. The first-order chi connectivity index (χ1) is 10.2. The molecule has 0 bridgehead atoms. The Hall–Kier alpha value is -1.65. The van der Waals surface area contributed by atoms with E-state index in [9.17, 15) is 0 Å². The van der Waals surface area contributed by atoms with Crippen molar-refractivity contribution >= 4 is 16.3 Å². The number of thiazole rings is 1. The minimum absolute atomic E-state index is 0.608. The third-order valence-electron chi connectivity index (χ3n) is 4.38. The summed E-state index contributed by atoms with van der Waals surface area (Å²) in [6.07, 6.45) is 1.24. The Labute approximate surface area is 128 Å². The average molecular weight is 297 g/mol. The van der Waals surface area contributed by atoms with E-state index in [1.54, 1.807) is 11.3 Å². The Morgan fingerprint density at radius 2 is 2.10 bits per heavy atom. The molecule has 1 aliphatic carbocycles. The molecule has 2 heterocycles. The van der Waals surface area contributed by atoms with Crippen LogP contribution in [0.5, 0.6) is 0 Å². The zero-order valence-electron chi connectivity index (χ0n) is 12.3. The van der Waals surface area contributed by atoms with Gasteiger partial charge in [0.1, 0.15) is 0 Å². The summed E-state index contributed by atoms with van der Waals surface area (Å²) in [5, 5.41) is 5.88. The molecular weight excluding hydrogens is 278 g/mol. The maximum absolute atomic E-state index is 4.65. The molecule has 2 aromatic heterocycles. The molecule has 2 unspecified atom stereocenters. The van der Waals surface area contributed by atoms with Crippen LogP contribution in [0.25, 0.3) is 4.96 Å². The number of aryl methyl sites for hydroxylation is 2. The van der Waals surface area contributed by atoms with Crippen LogP contribution in [0.1, 0.15) is 35.0 Å². The van der Waals surface area contributed by atoms with E-state index < -0.39 is 0 Å². The summed E-state index contributed by atoms with van der Waals surface area (Å²) < 4.78 is 2.28. The Balaban J connectivity index is 1.48. The predicted octanol–water partition coefficient (Wildman–Crippen LogP) is 3.66. The monoisotopic (exact) mass is 297 g/mol. The van der Waals surface area contributed by atoms with Gasteiger partial charge in [-0.05, 0) is 25.8 Å². The molecule has 0 radical (unpaired) electrons. The van der Waals surface area contributed by atoms with Gasteiger partial charge < -0.3 is 5.32 Å². The van der Waals surface area contributed by atoms with E-state index in [1.165, 1.54) is 23.4 Å². The van der Waals surface area contributed by atoms with Crippen LogP contribution in [-0.4, -0.2) is 15.4 Å². The number of aromatic nitrogens is 2. The van der Waals surface area contributed by atoms with Crippen molar-refractivity contribution in [1.29, 1.82) is 0 Å². The van der Waals surface area contributed by atoms with Gasteiger partial charge in [-0.2, -0.15) is 0 Å². The lowest BCUT2D eigenvalue weighted by Gasteiger charge is -2.06. The molecule has 0 aliphatic heterocycles. The molecule has 4 rings (SSSR count). The molecule has 21 heavy (non-hydrogen) atoms. The van der Waals surface area contributed by atoms with Crippen molar-refractivity contribution in [3.05, 3.63) is 58.4 Å².